The van der Waals surface area contributed by atoms with Gasteiger partial charge in [0.15, 0.2) is 17.5 Å². The van der Waals surface area contributed by atoms with Gasteiger partial charge >= 0.3 is 6.18 Å². The number of thiophene rings is 1. The molecule has 0 bridgehead atoms. The number of benzene rings is 1. The topological polar surface area (TPSA) is 56.6 Å². The van der Waals surface area contributed by atoms with E-state index in [4.69, 9.17) is 9.47 Å². The van der Waals surface area contributed by atoms with Crippen LogP contribution in [0.5, 0.6) is 11.5 Å². The quantitative estimate of drug-likeness (QED) is 0.548. The minimum Gasteiger partial charge on any atom is -0.493 e. The summed E-state index contributed by atoms with van der Waals surface area (Å²) in [6.07, 6.45) is -3.37. The molecule has 164 valence electrons. The van der Waals surface area contributed by atoms with Crippen LogP contribution < -0.4 is 14.4 Å². The molecule has 0 saturated heterocycles. The molecule has 0 saturated carbocycles. The molecule has 3 aromatic rings. The first kappa shape index (κ1) is 21.2. The number of hydrogen-bond donors (Lipinski definition) is 0. The van der Waals surface area contributed by atoms with Gasteiger partial charge in [-0.1, -0.05) is 6.07 Å². The summed E-state index contributed by atoms with van der Waals surface area (Å²) in [4.78, 5) is 14.8. The summed E-state index contributed by atoms with van der Waals surface area (Å²) in [5.41, 5.74) is 1.83. The number of aromatic nitrogens is 2. The van der Waals surface area contributed by atoms with Crippen LogP contribution in [-0.2, 0) is 6.61 Å². The number of alkyl halides is 3. The van der Waals surface area contributed by atoms with Crippen LogP contribution >= 0.6 is 11.3 Å². The van der Waals surface area contributed by atoms with Gasteiger partial charge in [-0.3, -0.25) is 9.69 Å². The molecule has 2 aromatic heterocycles. The number of carbonyl (C=O) groups is 1. The Hall–Kier alpha value is -3.01. The number of rotatable bonds is 5. The third-order valence-electron chi connectivity index (χ3n) is 5.05. The first-order valence-corrected chi connectivity index (χ1v) is 10.4. The summed E-state index contributed by atoms with van der Waals surface area (Å²) < 4.78 is 51.8. The average molecular weight is 451 g/mol. The molecule has 6 nitrogen and oxygen atoms in total. The van der Waals surface area contributed by atoms with Crippen LogP contribution in [0.3, 0.4) is 0 Å². The number of amides is 1. The first-order chi connectivity index (χ1) is 14.8. The molecule has 4 rings (SSSR count). The molecular formula is C21H20F3N3O3S. The molecule has 3 heterocycles. The van der Waals surface area contributed by atoms with Crippen molar-refractivity contribution in [2.75, 3.05) is 18.6 Å². The standard InChI is InChI=1S/C21H20F3N3O3S/c1-13-3-4-15(16(9-13)29-2)30-11-14-10-17(31-12-14)20(28)26-8-6-18(21(22,23)24)27-19(26)5-7-25-27/h3-5,7,9-10,12,18H,6,8,11H2,1-2H3. The van der Waals surface area contributed by atoms with Gasteiger partial charge in [0.25, 0.3) is 5.91 Å². The summed E-state index contributed by atoms with van der Waals surface area (Å²) in [6.45, 7) is 2.16. The van der Waals surface area contributed by atoms with Gasteiger partial charge in [0.2, 0.25) is 0 Å². The van der Waals surface area contributed by atoms with Crippen LogP contribution in [-0.4, -0.2) is 35.5 Å². The van der Waals surface area contributed by atoms with E-state index in [1.165, 1.54) is 28.5 Å². The molecule has 1 amide bonds. The Labute approximate surface area is 180 Å². The van der Waals surface area contributed by atoms with Crippen molar-refractivity contribution in [2.24, 2.45) is 0 Å². The van der Waals surface area contributed by atoms with Crippen molar-refractivity contribution in [1.29, 1.82) is 0 Å². The van der Waals surface area contributed by atoms with Crippen LogP contribution in [0.2, 0.25) is 0 Å². The highest BCUT2D eigenvalue weighted by Gasteiger charge is 2.46. The Morgan fingerprint density at radius 1 is 1.26 bits per heavy atom. The summed E-state index contributed by atoms with van der Waals surface area (Å²) in [5, 5.41) is 5.60. The molecule has 1 aliphatic rings. The summed E-state index contributed by atoms with van der Waals surface area (Å²) in [6, 6.07) is 7.00. The molecule has 1 unspecified atom stereocenters. The van der Waals surface area contributed by atoms with E-state index in [2.05, 4.69) is 5.10 Å². The van der Waals surface area contributed by atoms with E-state index in [-0.39, 0.29) is 31.3 Å². The van der Waals surface area contributed by atoms with Gasteiger partial charge in [0.05, 0.1) is 18.2 Å². The van der Waals surface area contributed by atoms with E-state index in [1.807, 2.05) is 25.1 Å². The van der Waals surface area contributed by atoms with E-state index in [0.29, 0.717) is 16.4 Å². The Morgan fingerprint density at radius 2 is 2.06 bits per heavy atom. The van der Waals surface area contributed by atoms with Crippen LogP contribution in [0.1, 0.15) is 33.3 Å². The third-order valence-corrected chi connectivity index (χ3v) is 6.02. The van der Waals surface area contributed by atoms with E-state index in [9.17, 15) is 18.0 Å². The lowest BCUT2D eigenvalue weighted by atomic mass is 10.1. The zero-order valence-electron chi connectivity index (χ0n) is 16.8. The van der Waals surface area contributed by atoms with Crippen molar-refractivity contribution in [3.63, 3.8) is 0 Å². The molecule has 0 spiro atoms. The fourth-order valence-corrected chi connectivity index (χ4v) is 4.35. The molecule has 1 aliphatic heterocycles. The number of hydrogen-bond acceptors (Lipinski definition) is 5. The summed E-state index contributed by atoms with van der Waals surface area (Å²) in [7, 11) is 1.57. The van der Waals surface area contributed by atoms with E-state index >= 15 is 0 Å². The Balaban J connectivity index is 1.48. The molecule has 0 fully saturated rings. The minimum atomic E-state index is -4.42. The molecule has 0 N–H and O–H groups in total. The van der Waals surface area contributed by atoms with Crippen LogP contribution in [0.25, 0.3) is 0 Å². The molecule has 0 aliphatic carbocycles. The number of aryl methyl sites for hydroxylation is 1. The largest absolute Gasteiger partial charge is 0.493 e. The highest BCUT2D eigenvalue weighted by Crippen LogP contribution is 2.39. The van der Waals surface area contributed by atoms with Crippen LogP contribution in [0.15, 0.2) is 41.9 Å². The molecule has 0 radical (unpaired) electrons. The summed E-state index contributed by atoms with van der Waals surface area (Å²) >= 11 is 1.23. The zero-order chi connectivity index (χ0) is 22.2. The number of fused-ring (bicyclic) bond motifs is 1. The van der Waals surface area contributed by atoms with Gasteiger partial charge in [-0.05, 0) is 42.5 Å². The molecular weight excluding hydrogens is 431 g/mol. The maximum Gasteiger partial charge on any atom is 0.410 e. The van der Waals surface area contributed by atoms with Crippen molar-refractivity contribution in [1.82, 2.24) is 9.78 Å². The van der Waals surface area contributed by atoms with E-state index in [0.717, 1.165) is 15.8 Å². The lowest BCUT2D eigenvalue weighted by molar-refractivity contribution is -0.172. The smallest absolute Gasteiger partial charge is 0.410 e. The van der Waals surface area contributed by atoms with Gasteiger partial charge in [-0.25, -0.2) is 4.68 Å². The molecule has 10 heteroatoms. The van der Waals surface area contributed by atoms with Gasteiger partial charge in [0.1, 0.15) is 12.4 Å². The highest BCUT2D eigenvalue weighted by atomic mass is 32.1. The fourth-order valence-electron chi connectivity index (χ4n) is 3.51. The predicted molar refractivity (Wildman–Crippen MR) is 110 cm³/mol. The van der Waals surface area contributed by atoms with Crippen LogP contribution in [0, 0.1) is 6.92 Å². The van der Waals surface area contributed by atoms with Gasteiger partial charge < -0.3 is 9.47 Å². The predicted octanol–water partition coefficient (Wildman–Crippen LogP) is 4.99. The Bertz CT molecular complexity index is 1090. The van der Waals surface area contributed by atoms with Crippen molar-refractivity contribution >= 4 is 23.1 Å². The average Bonchev–Trinajstić information content (AvgIpc) is 3.40. The monoisotopic (exact) mass is 451 g/mol. The normalized spacial score (nSPS) is 16.2. The number of carbonyl (C=O) groups excluding carboxylic acids is 1. The van der Waals surface area contributed by atoms with Gasteiger partial charge in [-0.2, -0.15) is 18.3 Å². The van der Waals surface area contributed by atoms with Crippen molar-refractivity contribution < 1.29 is 27.4 Å². The van der Waals surface area contributed by atoms with Crippen molar-refractivity contribution in [2.45, 2.75) is 32.2 Å². The second-order valence-electron chi connectivity index (χ2n) is 7.20. The fraction of sp³-hybridized carbons (Fsp3) is 0.333. The minimum absolute atomic E-state index is 0.0288. The van der Waals surface area contributed by atoms with Gasteiger partial charge in [-0.15, -0.1) is 11.3 Å². The molecule has 1 aromatic carbocycles. The highest BCUT2D eigenvalue weighted by molar-refractivity contribution is 7.12. The number of anilines is 1. The third kappa shape index (κ3) is 4.25. The second-order valence-corrected chi connectivity index (χ2v) is 8.11. The van der Waals surface area contributed by atoms with Crippen LogP contribution in [0.4, 0.5) is 19.0 Å². The lowest BCUT2D eigenvalue weighted by Gasteiger charge is -2.33. The second kappa shape index (κ2) is 8.26. The Kier molecular flexibility index (Phi) is 5.65. The number of methoxy groups -OCH3 is 1. The number of nitrogens with zero attached hydrogens (tertiary/aromatic N) is 3. The molecule has 31 heavy (non-hydrogen) atoms. The SMILES string of the molecule is COc1cc(C)ccc1OCc1csc(C(=O)N2CCC(C(F)(F)F)n3nccc32)c1. The van der Waals surface area contributed by atoms with Gasteiger partial charge in [0, 0.05) is 18.2 Å². The van der Waals surface area contributed by atoms with E-state index in [1.54, 1.807) is 18.6 Å². The maximum atomic E-state index is 13.3. The first-order valence-electron chi connectivity index (χ1n) is 9.55. The van der Waals surface area contributed by atoms with E-state index < -0.39 is 12.2 Å². The maximum absolute atomic E-state index is 13.3. The van der Waals surface area contributed by atoms with Crippen molar-refractivity contribution in [3.05, 3.63) is 57.9 Å². The lowest BCUT2D eigenvalue weighted by Crippen LogP contribution is -2.42. The summed E-state index contributed by atoms with van der Waals surface area (Å²) in [5.74, 6) is 0.998. The number of halogens is 3. The molecule has 1 atom stereocenters. The zero-order valence-corrected chi connectivity index (χ0v) is 17.7. The van der Waals surface area contributed by atoms with Crippen molar-refractivity contribution in [3.8, 4) is 11.5 Å². The number of ether oxygens (including phenoxy) is 2. The Morgan fingerprint density at radius 3 is 2.81 bits per heavy atom.